The number of benzene rings is 1. The third kappa shape index (κ3) is 4.40. The van der Waals surface area contributed by atoms with E-state index in [4.69, 9.17) is 5.11 Å². The van der Waals surface area contributed by atoms with Crippen molar-refractivity contribution in [2.24, 2.45) is 0 Å². The van der Waals surface area contributed by atoms with E-state index in [1.54, 1.807) is 0 Å². The lowest BCUT2D eigenvalue weighted by Gasteiger charge is -2.36. The largest absolute Gasteiger partial charge is 0.396 e. The molecule has 1 aliphatic rings. The van der Waals surface area contributed by atoms with Crippen molar-refractivity contribution in [3.63, 3.8) is 0 Å². The number of aliphatic hydroxyl groups is 1. The van der Waals surface area contributed by atoms with Crippen LogP contribution in [0.25, 0.3) is 0 Å². The first-order valence-corrected chi connectivity index (χ1v) is 7.43. The molecule has 1 aromatic rings. The lowest BCUT2D eigenvalue weighted by atomic mass is 10.0. The van der Waals surface area contributed by atoms with E-state index in [-0.39, 0.29) is 12.4 Å². The van der Waals surface area contributed by atoms with Crippen LogP contribution >= 0.6 is 0 Å². The number of Topliss-reactive ketones (excluding diaryl/α,β-unsaturated/α-hetero) is 1. The molecule has 110 valence electrons. The van der Waals surface area contributed by atoms with Crippen LogP contribution in [0.3, 0.4) is 0 Å². The Kier molecular flexibility index (Phi) is 6.18. The molecule has 0 aliphatic carbocycles. The fourth-order valence-corrected chi connectivity index (χ4v) is 2.75. The molecule has 1 saturated heterocycles. The predicted octanol–water partition coefficient (Wildman–Crippen LogP) is 1.36. The minimum Gasteiger partial charge on any atom is -0.396 e. The molecule has 0 saturated carbocycles. The van der Waals surface area contributed by atoms with Crippen LogP contribution in [-0.4, -0.2) is 48.6 Å². The molecule has 1 aromatic carbocycles. The quantitative estimate of drug-likeness (QED) is 0.789. The summed E-state index contributed by atoms with van der Waals surface area (Å²) in [5.74, 6) is 0.166. The highest BCUT2D eigenvalue weighted by Crippen LogP contribution is 2.22. The van der Waals surface area contributed by atoms with Gasteiger partial charge in [-0.15, -0.1) is 0 Å². The van der Waals surface area contributed by atoms with E-state index < -0.39 is 0 Å². The molecule has 1 atom stereocenters. The summed E-state index contributed by atoms with van der Waals surface area (Å²) < 4.78 is 0. The van der Waals surface area contributed by atoms with Crippen LogP contribution in [0.2, 0.25) is 0 Å². The lowest BCUT2D eigenvalue weighted by Crippen LogP contribution is -2.46. The first-order chi connectivity index (χ1) is 9.81. The van der Waals surface area contributed by atoms with Crippen molar-refractivity contribution in [1.29, 1.82) is 0 Å². The Morgan fingerprint density at radius 2 is 2.10 bits per heavy atom. The van der Waals surface area contributed by atoms with E-state index >= 15 is 0 Å². The van der Waals surface area contributed by atoms with Gasteiger partial charge in [0.15, 0.2) is 0 Å². The van der Waals surface area contributed by atoms with Crippen LogP contribution in [-0.2, 0) is 4.79 Å². The Labute approximate surface area is 120 Å². The highest BCUT2D eigenvalue weighted by molar-refractivity contribution is 5.78. The van der Waals surface area contributed by atoms with E-state index in [1.807, 2.05) is 6.07 Å². The summed E-state index contributed by atoms with van der Waals surface area (Å²) in [6.07, 6.45) is 1.75. The Morgan fingerprint density at radius 1 is 1.30 bits per heavy atom. The van der Waals surface area contributed by atoms with Gasteiger partial charge in [0, 0.05) is 45.1 Å². The molecule has 4 nitrogen and oxygen atoms in total. The zero-order chi connectivity index (χ0) is 14.2. The van der Waals surface area contributed by atoms with Gasteiger partial charge in [-0.25, -0.2) is 0 Å². The fraction of sp³-hybridized carbons (Fsp3) is 0.562. The Morgan fingerprint density at radius 3 is 2.85 bits per heavy atom. The van der Waals surface area contributed by atoms with E-state index in [9.17, 15) is 4.79 Å². The topological polar surface area (TPSA) is 52.6 Å². The van der Waals surface area contributed by atoms with Gasteiger partial charge in [-0.3, -0.25) is 9.69 Å². The number of piperazine rings is 1. The van der Waals surface area contributed by atoms with E-state index in [0.717, 1.165) is 32.6 Å². The van der Waals surface area contributed by atoms with Crippen molar-refractivity contribution in [2.45, 2.75) is 25.3 Å². The second-order valence-electron chi connectivity index (χ2n) is 5.28. The minimum atomic E-state index is -0.0287. The van der Waals surface area contributed by atoms with Gasteiger partial charge < -0.3 is 10.4 Å². The van der Waals surface area contributed by atoms with E-state index in [2.05, 4.69) is 34.5 Å². The minimum absolute atomic E-state index is 0.0287. The summed E-state index contributed by atoms with van der Waals surface area (Å²) in [7, 11) is 0. The number of hydrogen-bond acceptors (Lipinski definition) is 4. The number of hydrogen-bond donors (Lipinski definition) is 2. The van der Waals surface area contributed by atoms with Crippen molar-refractivity contribution >= 4 is 5.78 Å². The average molecular weight is 276 g/mol. The summed E-state index contributed by atoms with van der Waals surface area (Å²) in [4.78, 5) is 13.9. The highest BCUT2D eigenvalue weighted by Gasteiger charge is 2.23. The molecule has 0 spiro atoms. The van der Waals surface area contributed by atoms with E-state index in [1.165, 1.54) is 5.56 Å². The van der Waals surface area contributed by atoms with Crippen molar-refractivity contribution in [3.8, 4) is 0 Å². The molecular formula is C16H24N2O2. The molecule has 1 aliphatic heterocycles. The Bertz CT molecular complexity index is 408. The molecule has 1 heterocycles. The molecule has 4 heteroatoms. The molecule has 0 bridgehead atoms. The number of aliphatic hydroxyl groups excluding tert-OH is 1. The number of carbonyl (C=O) groups is 1. The maximum atomic E-state index is 11.4. The zero-order valence-corrected chi connectivity index (χ0v) is 11.9. The average Bonchev–Trinajstić information content (AvgIpc) is 2.49. The molecule has 0 amide bonds. The Hall–Kier alpha value is -1.23. The van der Waals surface area contributed by atoms with Gasteiger partial charge in [0.05, 0.1) is 0 Å². The first-order valence-electron chi connectivity index (χ1n) is 7.43. The maximum absolute atomic E-state index is 11.4. The summed E-state index contributed by atoms with van der Waals surface area (Å²) in [5, 5.41) is 12.2. The number of ketones is 1. The van der Waals surface area contributed by atoms with Gasteiger partial charge >= 0.3 is 0 Å². The number of rotatable bonds is 7. The number of nitrogens with one attached hydrogen (secondary N) is 1. The predicted molar refractivity (Wildman–Crippen MR) is 79.6 cm³/mol. The third-order valence-corrected chi connectivity index (χ3v) is 3.83. The fourth-order valence-electron chi connectivity index (χ4n) is 2.75. The first kappa shape index (κ1) is 15.2. The highest BCUT2D eigenvalue weighted by atomic mass is 16.3. The zero-order valence-electron chi connectivity index (χ0n) is 11.9. The van der Waals surface area contributed by atoms with Gasteiger partial charge in [-0.2, -0.15) is 0 Å². The SMILES string of the molecule is O=C(CCO)CCCN1CCNCC1c1ccccc1. The van der Waals surface area contributed by atoms with Gasteiger partial charge in [-0.1, -0.05) is 30.3 Å². The molecule has 2 N–H and O–H groups in total. The van der Waals surface area contributed by atoms with Crippen molar-refractivity contribution in [2.75, 3.05) is 32.8 Å². The van der Waals surface area contributed by atoms with Crippen LogP contribution in [0.4, 0.5) is 0 Å². The van der Waals surface area contributed by atoms with Crippen LogP contribution < -0.4 is 5.32 Å². The number of nitrogens with zero attached hydrogens (tertiary/aromatic N) is 1. The van der Waals surface area contributed by atoms with Gasteiger partial charge in [0.25, 0.3) is 0 Å². The molecule has 20 heavy (non-hydrogen) atoms. The monoisotopic (exact) mass is 276 g/mol. The Balaban J connectivity index is 1.86. The normalized spacial score (nSPS) is 19.9. The van der Waals surface area contributed by atoms with Crippen LogP contribution in [0.5, 0.6) is 0 Å². The molecule has 0 radical (unpaired) electrons. The summed E-state index contributed by atoms with van der Waals surface area (Å²) in [5.41, 5.74) is 1.33. The summed E-state index contributed by atoms with van der Waals surface area (Å²) in [6.45, 7) is 3.91. The smallest absolute Gasteiger partial charge is 0.135 e. The standard InChI is InChI=1S/C16H24N2O2/c19-12-8-15(20)7-4-10-18-11-9-17-13-16(18)14-5-2-1-3-6-14/h1-3,5-6,16-17,19H,4,7-13H2. The summed E-state index contributed by atoms with van der Waals surface area (Å²) >= 11 is 0. The molecule has 1 fully saturated rings. The van der Waals surface area contributed by atoms with Crippen molar-refractivity contribution < 1.29 is 9.90 Å². The van der Waals surface area contributed by atoms with Gasteiger partial charge in [0.1, 0.15) is 5.78 Å². The second-order valence-corrected chi connectivity index (χ2v) is 5.28. The van der Waals surface area contributed by atoms with Gasteiger partial charge in [-0.05, 0) is 18.5 Å². The third-order valence-electron chi connectivity index (χ3n) is 3.83. The lowest BCUT2D eigenvalue weighted by molar-refractivity contribution is -0.119. The summed E-state index contributed by atoms with van der Waals surface area (Å²) in [6, 6.07) is 10.9. The molecule has 2 rings (SSSR count). The van der Waals surface area contributed by atoms with Crippen molar-refractivity contribution in [1.82, 2.24) is 10.2 Å². The van der Waals surface area contributed by atoms with Gasteiger partial charge in [0.2, 0.25) is 0 Å². The molecule has 0 aromatic heterocycles. The van der Waals surface area contributed by atoms with Crippen molar-refractivity contribution in [3.05, 3.63) is 35.9 Å². The second kappa shape index (κ2) is 8.15. The van der Waals surface area contributed by atoms with Crippen LogP contribution in [0.1, 0.15) is 30.9 Å². The van der Waals surface area contributed by atoms with Crippen LogP contribution in [0.15, 0.2) is 30.3 Å². The molecular weight excluding hydrogens is 252 g/mol. The van der Waals surface area contributed by atoms with Crippen LogP contribution in [0, 0.1) is 0 Å². The number of carbonyl (C=O) groups excluding carboxylic acids is 1. The maximum Gasteiger partial charge on any atom is 0.135 e. The molecule has 1 unspecified atom stereocenters. The van der Waals surface area contributed by atoms with E-state index in [0.29, 0.717) is 18.9 Å².